The summed E-state index contributed by atoms with van der Waals surface area (Å²) in [7, 11) is 0. The molecular weight excluding hydrogens is 335 g/mol. The minimum atomic E-state index is -4.63. The zero-order valence-corrected chi connectivity index (χ0v) is 13.3. The van der Waals surface area contributed by atoms with Crippen molar-refractivity contribution in [3.63, 3.8) is 0 Å². The van der Waals surface area contributed by atoms with Crippen LogP contribution in [0.5, 0.6) is 0 Å². The second-order valence-electron chi connectivity index (χ2n) is 5.03. The molecule has 6 nitrogen and oxygen atoms in total. The smallest absolute Gasteiger partial charge is 0.391 e. The van der Waals surface area contributed by atoms with Crippen LogP contribution in [-0.4, -0.2) is 31.2 Å². The van der Waals surface area contributed by atoms with Gasteiger partial charge in [-0.3, -0.25) is 4.68 Å². The molecule has 3 N–H and O–H groups in total. The summed E-state index contributed by atoms with van der Waals surface area (Å²) in [6, 6.07) is 1.59. The molecule has 1 unspecified atom stereocenters. The van der Waals surface area contributed by atoms with Gasteiger partial charge in [-0.05, 0) is 25.5 Å². The van der Waals surface area contributed by atoms with E-state index in [4.69, 9.17) is 5.73 Å². The maximum Gasteiger partial charge on any atom is 0.435 e. The number of hydrogen-bond donors (Lipinski definition) is 2. The lowest BCUT2D eigenvalue weighted by Gasteiger charge is -2.07. The normalized spacial score (nSPS) is 12.8. The van der Waals surface area contributed by atoms with E-state index < -0.39 is 18.0 Å². The molecule has 10 heteroatoms. The topological polar surface area (TPSA) is 89.8 Å². The minimum Gasteiger partial charge on any atom is -0.391 e. The average Bonchev–Trinajstić information content (AvgIpc) is 2.81. The highest BCUT2D eigenvalue weighted by Gasteiger charge is 2.38. The van der Waals surface area contributed by atoms with Crippen LogP contribution in [-0.2, 0) is 19.3 Å². The summed E-state index contributed by atoms with van der Waals surface area (Å²) in [6.45, 7) is 3.21. The summed E-state index contributed by atoms with van der Waals surface area (Å²) in [5, 5.41) is 20.5. The third kappa shape index (κ3) is 4.40. The van der Waals surface area contributed by atoms with Crippen LogP contribution in [0.1, 0.15) is 23.9 Å². The van der Waals surface area contributed by atoms with Crippen molar-refractivity contribution in [2.75, 3.05) is 0 Å². The molecule has 2 rings (SSSR count). The van der Waals surface area contributed by atoms with Gasteiger partial charge in [-0.15, -0.1) is 17.5 Å². The van der Waals surface area contributed by atoms with E-state index in [9.17, 15) is 18.3 Å². The maximum absolute atomic E-state index is 13.2. The van der Waals surface area contributed by atoms with Gasteiger partial charge in [0.2, 0.25) is 0 Å². The molecule has 0 bridgehead atoms. The van der Waals surface area contributed by atoms with Gasteiger partial charge in [0.1, 0.15) is 0 Å². The summed E-state index contributed by atoms with van der Waals surface area (Å²) in [5.41, 5.74) is 5.34. The van der Waals surface area contributed by atoms with Gasteiger partial charge >= 0.3 is 6.18 Å². The average molecular weight is 352 g/mol. The largest absolute Gasteiger partial charge is 0.435 e. The van der Waals surface area contributed by atoms with Crippen LogP contribution in [0.25, 0.3) is 11.3 Å². The van der Waals surface area contributed by atoms with Crippen molar-refractivity contribution in [3.05, 3.63) is 29.2 Å². The lowest BCUT2D eigenvalue weighted by molar-refractivity contribution is -0.141. The molecule has 0 radical (unpaired) electrons. The van der Waals surface area contributed by atoms with Crippen molar-refractivity contribution in [1.29, 1.82) is 0 Å². The fourth-order valence-corrected chi connectivity index (χ4v) is 2.07. The predicted molar refractivity (Wildman–Crippen MR) is 79.8 cm³/mol. The van der Waals surface area contributed by atoms with Crippen LogP contribution in [0.4, 0.5) is 13.2 Å². The Kier molecular flexibility index (Phi) is 6.09. The van der Waals surface area contributed by atoms with Gasteiger partial charge in [0.05, 0.1) is 29.6 Å². The molecule has 0 saturated heterocycles. The van der Waals surface area contributed by atoms with Crippen molar-refractivity contribution in [2.24, 2.45) is 5.73 Å². The van der Waals surface area contributed by atoms with Gasteiger partial charge in [-0.2, -0.15) is 23.4 Å². The fraction of sp³-hybridized carbons (Fsp3) is 0.462. The Bertz CT molecular complexity index is 672. The number of aromatic nitrogens is 4. The Morgan fingerprint density at radius 3 is 2.48 bits per heavy atom. The molecule has 1 atom stereocenters. The molecule has 0 spiro atoms. The first-order valence-electron chi connectivity index (χ1n) is 6.58. The van der Waals surface area contributed by atoms with Crippen LogP contribution in [0, 0.1) is 6.92 Å². The second kappa shape index (κ2) is 7.24. The Labute approximate surface area is 136 Å². The highest BCUT2D eigenvalue weighted by Crippen LogP contribution is 2.36. The number of nitrogens with zero attached hydrogens (tertiary/aromatic N) is 4. The van der Waals surface area contributed by atoms with Gasteiger partial charge in [0, 0.05) is 12.7 Å². The van der Waals surface area contributed by atoms with E-state index in [0.29, 0.717) is 11.3 Å². The lowest BCUT2D eigenvalue weighted by Crippen LogP contribution is -2.14. The molecule has 2 heterocycles. The van der Waals surface area contributed by atoms with E-state index >= 15 is 0 Å². The minimum absolute atomic E-state index is 0. The van der Waals surface area contributed by atoms with Crippen LogP contribution >= 0.6 is 12.4 Å². The van der Waals surface area contributed by atoms with Crippen LogP contribution in [0.2, 0.25) is 0 Å². The van der Waals surface area contributed by atoms with E-state index in [1.54, 1.807) is 13.0 Å². The van der Waals surface area contributed by atoms with E-state index in [0.717, 1.165) is 4.68 Å². The number of aryl methyl sites for hydroxylation is 1. The van der Waals surface area contributed by atoms with Crippen molar-refractivity contribution in [2.45, 2.75) is 39.2 Å². The second-order valence-corrected chi connectivity index (χ2v) is 5.03. The molecule has 0 aliphatic rings. The summed E-state index contributed by atoms with van der Waals surface area (Å²) in [4.78, 5) is 0. The summed E-state index contributed by atoms with van der Waals surface area (Å²) in [6.07, 6.45) is -4.23. The number of alkyl halides is 3. The zero-order valence-electron chi connectivity index (χ0n) is 12.5. The number of aliphatic hydroxyl groups is 1. The van der Waals surface area contributed by atoms with Crippen molar-refractivity contribution >= 4 is 12.4 Å². The third-order valence-corrected chi connectivity index (χ3v) is 2.98. The van der Waals surface area contributed by atoms with Gasteiger partial charge in [-0.1, -0.05) is 0 Å². The molecule has 0 aliphatic heterocycles. The molecular formula is C13H17ClF3N5O. The molecule has 2 aromatic heterocycles. The number of hydrogen-bond acceptors (Lipinski definition) is 5. The van der Waals surface area contributed by atoms with E-state index in [-0.39, 0.29) is 36.8 Å². The van der Waals surface area contributed by atoms with Gasteiger partial charge < -0.3 is 10.8 Å². The molecule has 0 fully saturated rings. The fourth-order valence-electron chi connectivity index (χ4n) is 2.07. The van der Waals surface area contributed by atoms with E-state index in [1.807, 2.05) is 0 Å². The number of rotatable bonds is 4. The van der Waals surface area contributed by atoms with E-state index in [2.05, 4.69) is 15.3 Å². The van der Waals surface area contributed by atoms with Crippen LogP contribution < -0.4 is 5.73 Å². The van der Waals surface area contributed by atoms with Crippen molar-refractivity contribution < 1.29 is 18.3 Å². The first kappa shape index (κ1) is 19.3. The third-order valence-electron chi connectivity index (χ3n) is 2.98. The van der Waals surface area contributed by atoms with Crippen LogP contribution in [0.3, 0.4) is 0 Å². The Hall–Kier alpha value is -1.71. The molecule has 0 aliphatic carbocycles. The Morgan fingerprint density at radius 2 is 2.00 bits per heavy atom. The molecule has 0 saturated carbocycles. The summed E-state index contributed by atoms with van der Waals surface area (Å²) < 4.78 is 40.5. The first-order valence-corrected chi connectivity index (χ1v) is 6.58. The molecule has 0 aromatic carbocycles. The van der Waals surface area contributed by atoms with E-state index in [1.165, 1.54) is 13.1 Å². The highest BCUT2D eigenvalue weighted by molar-refractivity contribution is 5.85. The van der Waals surface area contributed by atoms with Gasteiger partial charge in [0.15, 0.2) is 5.69 Å². The molecule has 2 aromatic rings. The molecule has 23 heavy (non-hydrogen) atoms. The number of nitrogens with two attached hydrogens (primary N) is 1. The number of halogens is 4. The van der Waals surface area contributed by atoms with Gasteiger partial charge in [0.25, 0.3) is 0 Å². The van der Waals surface area contributed by atoms with Crippen LogP contribution in [0.15, 0.2) is 12.3 Å². The van der Waals surface area contributed by atoms with Crippen molar-refractivity contribution in [1.82, 2.24) is 20.0 Å². The first-order chi connectivity index (χ1) is 10.2. The SMILES string of the molecule is Cc1cc(CN)nnc1-c1cn(CC(C)O)nc1C(F)(F)F.Cl. The van der Waals surface area contributed by atoms with Crippen molar-refractivity contribution in [3.8, 4) is 11.3 Å². The zero-order chi connectivity index (χ0) is 16.5. The Balaban J connectivity index is 0.00000264. The van der Waals surface area contributed by atoms with Gasteiger partial charge in [-0.25, -0.2) is 0 Å². The molecule has 0 amide bonds. The summed E-state index contributed by atoms with van der Waals surface area (Å²) in [5.74, 6) is 0. The Morgan fingerprint density at radius 1 is 1.35 bits per heavy atom. The quantitative estimate of drug-likeness (QED) is 0.878. The predicted octanol–water partition coefficient (Wildman–Crippen LogP) is 1.93. The number of aliphatic hydroxyl groups excluding tert-OH is 1. The standard InChI is InChI=1S/C13H16F3N5O.ClH/c1-7-3-9(4-17)18-19-11(7)10-6-21(5-8(2)22)20-12(10)13(14,15)16;/h3,6,8,22H,4-5,17H2,1-2H3;1H. The monoisotopic (exact) mass is 351 g/mol. The lowest BCUT2D eigenvalue weighted by atomic mass is 10.1. The molecule has 128 valence electrons. The highest BCUT2D eigenvalue weighted by atomic mass is 35.5. The summed E-state index contributed by atoms with van der Waals surface area (Å²) >= 11 is 0. The maximum atomic E-state index is 13.2.